The molecule has 1 heterocycles. The molecule has 0 radical (unpaired) electrons. The van der Waals surface area contributed by atoms with Crippen LogP contribution in [0, 0.1) is 6.92 Å². The Balaban J connectivity index is 1.66. The van der Waals surface area contributed by atoms with E-state index < -0.39 is 12.1 Å². The van der Waals surface area contributed by atoms with E-state index in [0.717, 1.165) is 11.1 Å². The molecular formula is C22H21ClN2O5. The van der Waals surface area contributed by atoms with Gasteiger partial charge in [0.15, 0.2) is 17.6 Å². The van der Waals surface area contributed by atoms with Gasteiger partial charge in [-0.15, -0.1) is 10.2 Å². The zero-order valence-corrected chi connectivity index (χ0v) is 17.8. The molecule has 0 amide bonds. The highest BCUT2D eigenvalue weighted by Crippen LogP contribution is 2.36. The van der Waals surface area contributed by atoms with Crippen molar-refractivity contribution in [3.8, 4) is 23.0 Å². The van der Waals surface area contributed by atoms with Crippen molar-refractivity contribution in [3.05, 3.63) is 64.5 Å². The normalized spacial score (nSPS) is 12.0. The van der Waals surface area contributed by atoms with E-state index in [1.54, 1.807) is 25.1 Å². The molecule has 0 bridgehead atoms. The van der Waals surface area contributed by atoms with Crippen LogP contribution in [-0.4, -0.2) is 30.4 Å². The van der Waals surface area contributed by atoms with E-state index in [2.05, 4.69) is 10.2 Å². The lowest BCUT2D eigenvalue weighted by Crippen LogP contribution is -2.06. The maximum atomic E-state index is 12.2. The highest BCUT2D eigenvalue weighted by Gasteiger charge is 2.18. The molecule has 0 saturated carbocycles. The van der Waals surface area contributed by atoms with Crippen LogP contribution in [0.2, 0.25) is 5.02 Å². The van der Waals surface area contributed by atoms with Gasteiger partial charge in [-0.1, -0.05) is 29.3 Å². The summed E-state index contributed by atoms with van der Waals surface area (Å²) >= 11 is 6.17. The predicted molar refractivity (Wildman–Crippen MR) is 113 cm³/mol. The second-order valence-corrected chi connectivity index (χ2v) is 6.87. The van der Waals surface area contributed by atoms with Crippen molar-refractivity contribution in [2.75, 3.05) is 14.2 Å². The Labute approximate surface area is 179 Å². The molecule has 0 aliphatic rings. The lowest BCUT2D eigenvalue weighted by molar-refractivity contribution is -0.143. The lowest BCUT2D eigenvalue weighted by Gasteiger charge is -2.10. The summed E-state index contributed by atoms with van der Waals surface area (Å²) < 4.78 is 21.4. The van der Waals surface area contributed by atoms with Crippen molar-refractivity contribution in [2.24, 2.45) is 0 Å². The number of halogens is 1. The quantitative estimate of drug-likeness (QED) is 0.385. The first-order valence-corrected chi connectivity index (χ1v) is 9.49. The molecule has 30 heavy (non-hydrogen) atoms. The number of aryl methyl sites for hydroxylation is 1. The van der Waals surface area contributed by atoms with Crippen molar-refractivity contribution in [2.45, 2.75) is 20.0 Å². The molecule has 0 aliphatic carbocycles. The largest absolute Gasteiger partial charge is 0.493 e. The van der Waals surface area contributed by atoms with E-state index in [1.165, 1.54) is 20.3 Å². The van der Waals surface area contributed by atoms with Crippen LogP contribution in [0.25, 0.3) is 17.5 Å². The number of rotatable bonds is 7. The number of benzene rings is 2. The fourth-order valence-corrected chi connectivity index (χ4v) is 2.97. The fraction of sp³-hybridized carbons (Fsp3) is 0.227. The van der Waals surface area contributed by atoms with Gasteiger partial charge in [-0.05, 0) is 49.8 Å². The molecule has 0 N–H and O–H groups in total. The minimum atomic E-state index is -0.706. The monoisotopic (exact) mass is 428 g/mol. The van der Waals surface area contributed by atoms with E-state index in [1.807, 2.05) is 31.2 Å². The Morgan fingerprint density at radius 1 is 1.13 bits per heavy atom. The molecule has 1 atom stereocenters. The van der Waals surface area contributed by atoms with Crippen LogP contribution < -0.4 is 9.47 Å². The molecule has 0 saturated heterocycles. The lowest BCUT2D eigenvalue weighted by atomic mass is 10.1. The SMILES string of the molecule is COc1cc(/C=C/C(=O)OC(C)c2nnc(-c3ccc(C)cc3)o2)cc(Cl)c1OC. The Kier molecular flexibility index (Phi) is 6.74. The Morgan fingerprint density at radius 3 is 2.53 bits per heavy atom. The summed E-state index contributed by atoms with van der Waals surface area (Å²) in [5.41, 5.74) is 2.58. The molecule has 2 aromatic carbocycles. The number of ether oxygens (including phenoxy) is 3. The van der Waals surface area contributed by atoms with Crippen LogP contribution in [0.4, 0.5) is 0 Å². The van der Waals surface area contributed by atoms with Crippen LogP contribution in [0.5, 0.6) is 11.5 Å². The van der Waals surface area contributed by atoms with Crippen molar-refractivity contribution in [1.29, 1.82) is 0 Å². The smallest absolute Gasteiger partial charge is 0.331 e. The van der Waals surface area contributed by atoms with Gasteiger partial charge in [-0.3, -0.25) is 0 Å². The second kappa shape index (κ2) is 9.45. The van der Waals surface area contributed by atoms with Crippen molar-refractivity contribution >= 4 is 23.6 Å². The number of nitrogens with zero attached hydrogens (tertiary/aromatic N) is 2. The standard InChI is InChI=1S/C22H21ClN2O5/c1-13-5-8-16(9-6-13)22-25-24-21(30-22)14(2)29-19(26)10-7-15-11-17(23)20(28-4)18(12-15)27-3/h5-12,14H,1-4H3/b10-7+. The van der Waals surface area contributed by atoms with Crippen LogP contribution in [0.15, 0.2) is 46.9 Å². The average molecular weight is 429 g/mol. The third-order valence-corrected chi connectivity index (χ3v) is 4.53. The number of carbonyl (C=O) groups is 1. The topological polar surface area (TPSA) is 83.7 Å². The van der Waals surface area contributed by atoms with Gasteiger partial charge < -0.3 is 18.6 Å². The summed E-state index contributed by atoms with van der Waals surface area (Å²) in [4.78, 5) is 12.2. The highest BCUT2D eigenvalue weighted by molar-refractivity contribution is 6.32. The van der Waals surface area contributed by atoms with Gasteiger partial charge in [0, 0.05) is 11.6 Å². The molecule has 3 rings (SSSR count). The first-order valence-electron chi connectivity index (χ1n) is 9.12. The molecule has 8 heteroatoms. The van der Waals surface area contributed by atoms with Crippen LogP contribution in [0.1, 0.15) is 30.0 Å². The summed E-state index contributed by atoms with van der Waals surface area (Å²) in [5, 5.41) is 8.36. The van der Waals surface area contributed by atoms with E-state index in [4.69, 9.17) is 30.2 Å². The Morgan fingerprint density at radius 2 is 1.87 bits per heavy atom. The molecule has 3 aromatic rings. The summed E-state index contributed by atoms with van der Waals surface area (Å²) in [6.07, 6.45) is 2.14. The number of hydrogen-bond donors (Lipinski definition) is 0. The van der Waals surface area contributed by atoms with Gasteiger partial charge in [0.1, 0.15) is 0 Å². The van der Waals surface area contributed by atoms with Crippen LogP contribution >= 0.6 is 11.6 Å². The van der Waals surface area contributed by atoms with Crippen molar-refractivity contribution in [1.82, 2.24) is 10.2 Å². The molecule has 0 aliphatic heterocycles. The first kappa shape index (κ1) is 21.4. The molecule has 156 valence electrons. The number of carbonyl (C=O) groups excluding carboxylic acids is 1. The van der Waals surface area contributed by atoms with E-state index in [9.17, 15) is 4.79 Å². The third kappa shape index (κ3) is 4.99. The van der Waals surface area contributed by atoms with Gasteiger partial charge in [0.05, 0.1) is 19.2 Å². The highest BCUT2D eigenvalue weighted by atomic mass is 35.5. The molecular weight excluding hydrogens is 408 g/mol. The maximum Gasteiger partial charge on any atom is 0.331 e. The zero-order valence-electron chi connectivity index (χ0n) is 17.0. The van der Waals surface area contributed by atoms with Gasteiger partial charge in [-0.25, -0.2) is 4.79 Å². The number of methoxy groups -OCH3 is 2. The second-order valence-electron chi connectivity index (χ2n) is 6.46. The summed E-state index contributed by atoms with van der Waals surface area (Å²) in [6.45, 7) is 3.65. The number of hydrogen-bond acceptors (Lipinski definition) is 7. The molecule has 1 unspecified atom stereocenters. The Bertz CT molecular complexity index is 1060. The molecule has 0 spiro atoms. The molecule has 1 aromatic heterocycles. The zero-order chi connectivity index (χ0) is 21.7. The van der Waals surface area contributed by atoms with E-state index in [-0.39, 0.29) is 5.89 Å². The van der Waals surface area contributed by atoms with E-state index >= 15 is 0 Å². The first-order chi connectivity index (χ1) is 14.4. The average Bonchev–Trinajstić information content (AvgIpc) is 3.22. The van der Waals surface area contributed by atoms with Gasteiger partial charge in [0.25, 0.3) is 5.89 Å². The van der Waals surface area contributed by atoms with Crippen molar-refractivity contribution < 1.29 is 23.4 Å². The van der Waals surface area contributed by atoms with E-state index in [0.29, 0.717) is 28.0 Å². The van der Waals surface area contributed by atoms with Crippen LogP contribution in [0.3, 0.4) is 0 Å². The minimum Gasteiger partial charge on any atom is -0.493 e. The molecule has 7 nitrogen and oxygen atoms in total. The number of aromatic nitrogens is 2. The summed E-state index contributed by atoms with van der Waals surface area (Å²) in [7, 11) is 3.01. The third-order valence-electron chi connectivity index (χ3n) is 4.25. The van der Waals surface area contributed by atoms with Crippen LogP contribution in [-0.2, 0) is 9.53 Å². The van der Waals surface area contributed by atoms with Gasteiger partial charge in [0.2, 0.25) is 5.89 Å². The van der Waals surface area contributed by atoms with Crippen molar-refractivity contribution in [3.63, 3.8) is 0 Å². The minimum absolute atomic E-state index is 0.210. The van der Waals surface area contributed by atoms with Gasteiger partial charge in [-0.2, -0.15) is 0 Å². The summed E-state index contributed by atoms with van der Waals surface area (Å²) in [6, 6.07) is 11.0. The van der Waals surface area contributed by atoms with Gasteiger partial charge >= 0.3 is 5.97 Å². The predicted octanol–water partition coefficient (Wildman–Crippen LogP) is 5.03. The molecule has 0 fully saturated rings. The summed E-state index contributed by atoms with van der Waals surface area (Å²) in [5.74, 6) is 0.891. The fourth-order valence-electron chi connectivity index (χ4n) is 2.67. The Hall–Kier alpha value is -3.32. The maximum absolute atomic E-state index is 12.2. The number of esters is 1.